The van der Waals surface area contributed by atoms with Gasteiger partial charge in [-0.3, -0.25) is 0 Å². The van der Waals surface area contributed by atoms with Crippen molar-refractivity contribution in [3.05, 3.63) is 0 Å². The van der Waals surface area contributed by atoms with Gasteiger partial charge in [0.05, 0.1) is 0 Å². The average Bonchev–Trinajstić information content (AvgIpc) is 2.31. The Hall–Kier alpha value is 0.310. The van der Waals surface area contributed by atoms with E-state index in [0.717, 1.165) is 12.0 Å². The van der Waals surface area contributed by atoms with Gasteiger partial charge in [0.25, 0.3) is 0 Å². The minimum Gasteiger partial charge on any atom is -0.313 e. The zero-order valence-electron chi connectivity index (χ0n) is 10.4. The topological polar surface area (TPSA) is 12.0 Å². The van der Waals surface area contributed by atoms with Crippen molar-refractivity contribution >= 4 is 11.8 Å². The summed E-state index contributed by atoms with van der Waals surface area (Å²) >= 11 is 2.12. The van der Waals surface area contributed by atoms with Gasteiger partial charge in [0.2, 0.25) is 0 Å². The summed E-state index contributed by atoms with van der Waals surface area (Å²) < 4.78 is 0. The van der Waals surface area contributed by atoms with Gasteiger partial charge in [-0.1, -0.05) is 33.1 Å². The summed E-state index contributed by atoms with van der Waals surface area (Å²) in [6, 6.07) is 0.805. The van der Waals surface area contributed by atoms with Crippen molar-refractivity contribution < 1.29 is 0 Å². The molecule has 0 aliphatic carbocycles. The van der Waals surface area contributed by atoms with Gasteiger partial charge in [0.15, 0.2) is 0 Å². The van der Waals surface area contributed by atoms with Crippen molar-refractivity contribution in [3.63, 3.8) is 0 Å². The highest BCUT2D eigenvalue weighted by Crippen LogP contribution is 2.18. The molecule has 0 radical (unpaired) electrons. The van der Waals surface area contributed by atoms with Crippen molar-refractivity contribution in [2.45, 2.75) is 58.4 Å². The van der Waals surface area contributed by atoms with Crippen LogP contribution >= 0.6 is 11.8 Å². The predicted octanol–water partition coefficient (Wildman–Crippen LogP) is 3.69. The van der Waals surface area contributed by atoms with E-state index in [9.17, 15) is 0 Å². The molecule has 15 heavy (non-hydrogen) atoms. The second-order valence-electron chi connectivity index (χ2n) is 4.74. The van der Waals surface area contributed by atoms with E-state index in [1.165, 1.54) is 56.6 Å². The van der Waals surface area contributed by atoms with Crippen molar-refractivity contribution in [2.24, 2.45) is 5.92 Å². The van der Waals surface area contributed by atoms with E-state index in [4.69, 9.17) is 0 Å². The largest absolute Gasteiger partial charge is 0.313 e. The second kappa shape index (κ2) is 8.46. The molecular formula is C13H27NS. The van der Waals surface area contributed by atoms with Crippen LogP contribution in [0.1, 0.15) is 52.4 Å². The van der Waals surface area contributed by atoms with Crippen LogP contribution in [-0.4, -0.2) is 24.1 Å². The number of rotatable bonds is 7. The lowest BCUT2D eigenvalue weighted by Crippen LogP contribution is -2.36. The molecule has 0 unspecified atom stereocenters. The number of thioether (sulfide) groups is 1. The molecule has 1 saturated heterocycles. The Kier molecular flexibility index (Phi) is 7.54. The van der Waals surface area contributed by atoms with E-state index in [1.807, 2.05) is 0 Å². The van der Waals surface area contributed by atoms with Gasteiger partial charge >= 0.3 is 0 Å². The van der Waals surface area contributed by atoms with Crippen LogP contribution in [0.4, 0.5) is 0 Å². The number of hydrogen-bond acceptors (Lipinski definition) is 2. The highest BCUT2D eigenvalue weighted by molar-refractivity contribution is 7.99. The lowest BCUT2D eigenvalue weighted by molar-refractivity contribution is 0.387. The maximum absolute atomic E-state index is 3.76. The summed E-state index contributed by atoms with van der Waals surface area (Å²) in [5.41, 5.74) is 0. The summed E-state index contributed by atoms with van der Waals surface area (Å²) in [6.45, 7) is 5.87. The number of unbranched alkanes of at least 4 members (excludes halogenated alkanes) is 1. The third-order valence-corrected chi connectivity index (χ3v) is 4.61. The lowest BCUT2D eigenvalue weighted by atomic mass is 9.99. The standard InChI is InChI=1S/C13H27NS/c1-3-5-7-12(4-2)10-14-13-8-6-9-15-11-13/h12-14H,3-11H2,1-2H3/t12-,13+/m0/s1. The van der Waals surface area contributed by atoms with E-state index in [0.29, 0.717) is 0 Å². The van der Waals surface area contributed by atoms with Crippen LogP contribution in [0.2, 0.25) is 0 Å². The fourth-order valence-corrected chi connectivity index (χ4v) is 3.28. The molecule has 1 fully saturated rings. The number of nitrogens with one attached hydrogen (secondary N) is 1. The zero-order chi connectivity index (χ0) is 10.9. The predicted molar refractivity (Wildman–Crippen MR) is 71.7 cm³/mol. The molecule has 0 aromatic rings. The first-order valence-electron chi connectivity index (χ1n) is 6.68. The van der Waals surface area contributed by atoms with Crippen molar-refractivity contribution in [1.29, 1.82) is 0 Å². The molecule has 2 atom stereocenters. The van der Waals surface area contributed by atoms with Crippen molar-refractivity contribution in [2.75, 3.05) is 18.1 Å². The average molecular weight is 229 g/mol. The Morgan fingerprint density at radius 3 is 2.87 bits per heavy atom. The van der Waals surface area contributed by atoms with E-state index >= 15 is 0 Å². The van der Waals surface area contributed by atoms with Crippen molar-refractivity contribution in [3.8, 4) is 0 Å². The Morgan fingerprint density at radius 1 is 1.40 bits per heavy atom. The smallest absolute Gasteiger partial charge is 0.0158 e. The van der Waals surface area contributed by atoms with Gasteiger partial charge in [0, 0.05) is 11.8 Å². The maximum Gasteiger partial charge on any atom is 0.0158 e. The summed E-state index contributed by atoms with van der Waals surface area (Å²) in [5.74, 6) is 3.63. The van der Waals surface area contributed by atoms with E-state index in [-0.39, 0.29) is 0 Å². The molecule has 1 rings (SSSR count). The molecule has 1 nitrogen and oxygen atoms in total. The summed E-state index contributed by atoms with van der Waals surface area (Å²) in [4.78, 5) is 0. The normalized spacial score (nSPS) is 24.0. The quantitative estimate of drug-likeness (QED) is 0.714. The van der Waals surface area contributed by atoms with Crippen LogP contribution in [0.15, 0.2) is 0 Å². The van der Waals surface area contributed by atoms with Gasteiger partial charge in [0.1, 0.15) is 0 Å². The van der Waals surface area contributed by atoms with Crippen LogP contribution in [0, 0.1) is 5.92 Å². The Bertz CT molecular complexity index is 143. The van der Waals surface area contributed by atoms with Crippen LogP contribution < -0.4 is 5.32 Å². The Balaban J connectivity index is 2.09. The molecule has 0 bridgehead atoms. The number of hydrogen-bond donors (Lipinski definition) is 1. The van der Waals surface area contributed by atoms with Gasteiger partial charge in [-0.2, -0.15) is 11.8 Å². The SMILES string of the molecule is CCCC[C@H](CC)CN[C@@H]1CCCSC1. The molecule has 1 aliphatic heterocycles. The van der Waals surface area contributed by atoms with Crippen LogP contribution in [0.25, 0.3) is 0 Å². The molecule has 0 aromatic heterocycles. The van der Waals surface area contributed by atoms with Crippen LogP contribution in [0.3, 0.4) is 0 Å². The molecule has 2 heteroatoms. The van der Waals surface area contributed by atoms with Crippen molar-refractivity contribution in [1.82, 2.24) is 5.32 Å². The molecule has 1 N–H and O–H groups in total. The molecule has 1 heterocycles. The summed E-state index contributed by atoms with van der Waals surface area (Å²) in [6.07, 6.45) is 8.31. The second-order valence-corrected chi connectivity index (χ2v) is 5.89. The highest BCUT2D eigenvalue weighted by Gasteiger charge is 2.14. The first-order valence-corrected chi connectivity index (χ1v) is 7.83. The minimum atomic E-state index is 0.805. The van der Waals surface area contributed by atoms with Gasteiger partial charge in [-0.05, 0) is 37.5 Å². The molecule has 0 aromatic carbocycles. The first-order chi connectivity index (χ1) is 7.36. The highest BCUT2D eigenvalue weighted by atomic mass is 32.2. The third kappa shape index (κ3) is 5.82. The Labute approximate surface area is 99.8 Å². The Morgan fingerprint density at radius 2 is 2.27 bits per heavy atom. The van der Waals surface area contributed by atoms with E-state index < -0.39 is 0 Å². The lowest BCUT2D eigenvalue weighted by Gasteiger charge is -2.25. The van der Waals surface area contributed by atoms with E-state index in [2.05, 4.69) is 30.9 Å². The monoisotopic (exact) mass is 229 g/mol. The first kappa shape index (κ1) is 13.4. The van der Waals surface area contributed by atoms with E-state index in [1.54, 1.807) is 0 Å². The molecule has 0 spiro atoms. The van der Waals surface area contributed by atoms with Crippen LogP contribution in [-0.2, 0) is 0 Å². The maximum atomic E-state index is 3.76. The minimum absolute atomic E-state index is 0.805. The molecule has 0 amide bonds. The van der Waals surface area contributed by atoms with Crippen LogP contribution in [0.5, 0.6) is 0 Å². The molecular weight excluding hydrogens is 202 g/mol. The molecule has 0 saturated carbocycles. The van der Waals surface area contributed by atoms with Gasteiger partial charge in [-0.25, -0.2) is 0 Å². The molecule has 1 aliphatic rings. The van der Waals surface area contributed by atoms with Gasteiger partial charge < -0.3 is 5.32 Å². The van der Waals surface area contributed by atoms with Gasteiger partial charge in [-0.15, -0.1) is 0 Å². The molecule has 90 valence electrons. The summed E-state index contributed by atoms with van der Waals surface area (Å²) in [7, 11) is 0. The fourth-order valence-electron chi connectivity index (χ4n) is 2.18. The fraction of sp³-hybridized carbons (Fsp3) is 1.00. The zero-order valence-corrected chi connectivity index (χ0v) is 11.2. The summed E-state index contributed by atoms with van der Waals surface area (Å²) in [5, 5.41) is 3.76. The third-order valence-electron chi connectivity index (χ3n) is 3.40.